The van der Waals surface area contributed by atoms with Gasteiger partial charge >= 0.3 is 0 Å². The van der Waals surface area contributed by atoms with Crippen molar-refractivity contribution in [3.05, 3.63) is 66.0 Å². The monoisotopic (exact) mass is 308 g/mol. The quantitative estimate of drug-likeness (QED) is 0.668. The molecule has 116 valence electrons. The molecule has 6 heteroatoms. The predicted octanol–water partition coefficient (Wildman–Crippen LogP) is 1.87. The van der Waals surface area contributed by atoms with E-state index in [1.165, 1.54) is 6.33 Å². The fourth-order valence-electron chi connectivity index (χ4n) is 2.49. The zero-order valence-electron chi connectivity index (χ0n) is 12.3. The van der Waals surface area contributed by atoms with Gasteiger partial charge < -0.3 is 16.2 Å². The Hall–Kier alpha value is -2.99. The zero-order chi connectivity index (χ0) is 16.2. The number of nitrogens with one attached hydrogen (secondary N) is 1. The van der Waals surface area contributed by atoms with Crippen molar-refractivity contribution in [1.29, 1.82) is 0 Å². The molecule has 0 aliphatic carbocycles. The number of carbonyl (C=O) groups is 1. The summed E-state index contributed by atoms with van der Waals surface area (Å²) in [6, 6.07) is 14.4. The van der Waals surface area contributed by atoms with Crippen LogP contribution in [0.2, 0.25) is 0 Å². The number of anilines is 1. The van der Waals surface area contributed by atoms with E-state index in [9.17, 15) is 9.90 Å². The van der Waals surface area contributed by atoms with Gasteiger partial charge in [-0.3, -0.25) is 4.79 Å². The average Bonchev–Trinajstić information content (AvgIpc) is 2.59. The highest BCUT2D eigenvalue weighted by molar-refractivity contribution is 6.06. The summed E-state index contributed by atoms with van der Waals surface area (Å²) in [7, 11) is 0. The van der Waals surface area contributed by atoms with E-state index >= 15 is 0 Å². The van der Waals surface area contributed by atoms with Gasteiger partial charge in [-0.2, -0.15) is 0 Å². The molecule has 2 aromatic carbocycles. The van der Waals surface area contributed by atoms with E-state index in [-0.39, 0.29) is 12.6 Å². The summed E-state index contributed by atoms with van der Waals surface area (Å²) in [4.78, 5) is 19.9. The molecule has 0 bridgehead atoms. The summed E-state index contributed by atoms with van der Waals surface area (Å²) >= 11 is 0. The minimum atomic E-state index is -0.540. The van der Waals surface area contributed by atoms with Crippen LogP contribution in [0.5, 0.6) is 0 Å². The van der Waals surface area contributed by atoms with Gasteiger partial charge in [0.1, 0.15) is 12.1 Å². The molecule has 1 amide bonds. The van der Waals surface area contributed by atoms with E-state index < -0.39 is 5.91 Å². The molecule has 1 atom stereocenters. The molecule has 0 aliphatic rings. The zero-order valence-corrected chi connectivity index (χ0v) is 12.3. The maximum absolute atomic E-state index is 11.5. The highest BCUT2D eigenvalue weighted by atomic mass is 16.3. The number of aromatic nitrogens is 2. The Morgan fingerprint density at radius 1 is 1.13 bits per heavy atom. The van der Waals surface area contributed by atoms with Gasteiger partial charge in [-0.05, 0) is 17.7 Å². The fourth-order valence-corrected chi connectivity index (χ4v) is 2.49. The Labute approximate surface area is 133 Å². The lowest BCUT2D eigenvalue weighted by Gasteiger charge is -2.18. The summed E-state index contributed by atoms with van der Waals surface area (Å²) in [6.07, 6.45) is 1.37. The van der Waals surface area contributed by atoms with Gasteiger partial charge in [0.15, 0.2) is 0 Å². The van der Waals surface area contributed by atoms with Crippen LogP contribution in [0.25, 0.3) is 10.9 Å². The van der Waals surface area contributed by atoms with Crippen molar-refractivity contribution in [2.45, 2.75) is 6.04 Å². The topological polar surface area (TPSA) is 101 Å². The summed E-state index contributed by atoms with van der Waals surface area (Å²) in [6.45, 7) is -0.0922. The third kappa shape index (κ3) is 2.97. The van der Waals surface area contributed by atoms with Crippen LogP contribution in [0, 0.1) is 0 Å². The predicted molar refractivity (Wildman–Crippen MR) is 87.9 cm³/mol. The molecular formula is C17H16N4O2. The van der Waals surface area contributed by atoms with Crippen LogP contribution in [0.4, 0.5) is 5.82 Å². The number of amides is 1. The molecule has 1 aromatic heterocycles. The van der Waals surface area contributed by atoms with Crippen LogP contribution >= 0.6 is 0 Å². The molecule has 3 rings (SSSR count). The molecule has 0 fully saturated rings. The van der Waals surface area contributed by atoms with E-state index in [4.69, 9.17) is 5.73 Å². The van der Waals surface area contributed by atoms with Crippen LogP contribution in [0.3, 0.4) is 0 Å². The number of primary amides is 1. The molecule has 0 aliphatic heterocycles. The first-order valence-corrected chi connectivity index (χ1v) is 7.16. The number of hydrogen-bond donors (Lipinski definition) is 3. The van der Waals surface area contributed by atoms with Crippen molar-refractivity contribution in [3.8, 4) is 0 Å². The number of aliphatic hydroxyl groups excluding tert-OH is 1. The van der Waals surface area contributed by atoms with Crippen molar-refractivity contribution in [1.82, 2.24) is 9.97 Å². The molecule has 0 spiro atoms. The fraction of sp³-hybridized carbons (Fsp3) is 0.118. The van der Waals surface area contributed by atoms with Crippen molar-refractivity contribution in [2.75, 3.05) is 11.9 Å². The van der Waals surface area contributed by atoms with Crippen molar-refractivity contribution >= 4 is 22.6 Å². The largest absolute Gasteiger partial charge is 0.394 e. The number of rotatable bonds is 5. The van der Waals surface area contributed by atoms with Gasteiger partial charge in [0.25, 0.3) is 5.91 Å². The summed E-state index contributed by atoms with van der Waals surface area (Å²) < 4.78 is 0. The molecule has 23 heavy (non-hydrogen) atoms. The number of fused-ring (bicyclic) bond motifs is 1. The molecule has 0 saturated carbocycles. The SMILES string of the molecule is NC(=O)c1cccc2c(N[C@@H](CO)c3ccccc3)ncnc12. The lowest BCUT2D eigenvalue weighted by atomic mass is 10.1. The summed E-state index contributed by atoms with van der Waals surface area (Å²) in [5, 5.41) is 13.6. The Morgan fingerprint density at radius 3 is 2.61 bits per heavy atom. The van der Waals surface area contributed by atoms with Crippen LogP contribution in [0.1, 0.15) is 22.0 Å². The number of aliphatic hydroxyl groups is 1. The number of benzene rings is 2. The third-order valence-corrected chi connectivity index (χ3v) is 3.63. The summed E-state index contributed by atoms with van der Waals surface area (Å²) in [5.41, 5.74) is 7.16. The van der Waals surface area contributed by atoms with E-state index in [1.807, 2.05) is 36.4 Å². The van der Waals surface area contributed by atoms with Crippen LogP contribution < -0.4 is 11.1 Å². The normalized spacial score (nSPS) is 12.0. The highest BCUT2D eigenvalue weighted by Gasteiger charge is 2.15. The first-order valence-electron chi connectivity index (χ1n) is 7.16. The second kappa shape index (κ2) is 6.41. The standard InChI is InChI=1S/C17H16N4O2/c18-16(23)12-7-4-8-13-15(12)19-10-20-17(13)21-14(9-22)11-5-2-1-3-6-11/h1-8,10,14,22H,9H2,(H2,18,23)(H,19,20,21)/t14-/m0/s1. The molecule has 0 radical (unpaired) electrons. The molecule has 6 nitrogen and oxygen atoms in total. The number of para-hydroxylation sites is 1. The molecule has 4 N–H and O–H groups in total. The van der Waals surface area contributed by atoms with Crippen molar-refractivity contribution in [2.24, 2.45) is 5.73 Å². The first kappa shape index (κ1) is 14.9. The Bertz CT molecular complexity index is 836. The average molecular weight is 308 g/mol. The van der Waals surface area contributed by atoms with Gasteiger partial charge in [-0.25, -0.2) is 9.97 Å². The van der Waals surface area contributed by atoms with E-state index in [1.54, 1.807) is 12.1 Å². The number of nitrogens with two attached hydrogens (primary N) is 1. The maximum atomic E-state index is 11.5. The van der Waals surface area contributed by atoms with Crippen LogP contribution in [0.15, 0.2) is 54.9 Å². The van der Waals surface area contributed by atoms with E-state index in [0.29, 0.717) is 22.3 Å². The summed E-state index contributed by atoms with van der Waals surface area (Å²) in [5.74, 6) is 0.00280. The van der Waals surface area contributed by atoms with Crippen molar-refractivity contribution < 1.29 is 9.90 Å². The van der Waals surface area contributed by atoms with Crippen LogP contribution in [-0.2, 0) is 0 Å². The van der Waals surface area contributed by atoms with Gasteiger partial charge in [-0.1, -0.05) is 36.4 Å². The van der Waals surface area contributed by atoms with Gasteiger partial charge in [-0.15, -0.1) is 0 Å². The lowest BCUT2D eigenvalue weighted by Crippen LogP contribution is -2.16. The third-order valence-electron chi connectivity index (χ3n) is 3.63. The second-order valence-corrected chi connectivity index (χ2v) is 5.08. The van der Waals surface area contributed by atoms with Crippen LogP contribution in [-0.4, -0.2) is 27.6 Å². The maximum Gasteiger partial charge on any atom is 0.250 e. The minimum Gasteiger partial charge on any atom is -0.394 e. The Kier molecular flexibility index (Phi) is 4.16. The Morgan fingerprint density at radius 2 is 1.91 bits per heavy atom. The number of hydrogen-bond acceptors (Lipinski definition) is 5. The molecule has 3 aromatic rings. The van der Waals surface area contributed by atoms with Crippen molar-refractivity contribution in [3.63, 3.8) is 0 Å². The number of nitrogens with zero attached hydrogens (tertiary/aromatic N) is 2. The first-order chi connectivity index (χ1) is 11.2. The van der Waals surface area contributed by atoms with Gasteiger partial charge in [0.05, 0.1) is 23.7 Å². The molecule has 0 unspecified atom stereocenters. The van der Waals surface area contributed by atoms with E-state index in [0.717, 1.165) is 5.56 Å². The second-order valence-electron chi connectivity index (χ2n) is 5.08. The van der Waals surface area contributed by atoms with E-state index in [2.05, 4.69) is 15.3 Å². The highest BCUT2D eigenvalue weighted by Crippen LogP contribution is 2.25. The minimum absolute atomic E-state index is 0.0922. The number of carbonyl (C=O) groups excluding carboxylic acids is 1. The van der Waals surface area contributed by atoms with Gasteiger partial charge in [0, 0.05) is 5.39 Å². The smallest absolute Gasteiger partial charge is 0.250 e. The Balaban J connectivity index is 2.03. The lowest BCUT2D eigenvalue weighted by molar-refractivity contribution is 0.100. The molecule has 0 saturated heterocycles. The van der Waals surface area contributed by atoms with Gasteiger partial charge in [0.2, 0.25) is 0 Å². The molecule has 1 heterocycles. The molecular weight excluding hydrogens is 292 g/mol.